The molecule has 0 bridgehead atoms. The number of nitrogens with zero attached hydrogens (tertiary/aromatic N) is 2. The standard InChI is InChI=1S/C12H11BrN2O3S/c1-7-8(2)18-12(14-7)19-6-9-3-4-10(13)11(5-9)15(16)17/h3-5H,6H2,1-2H3. The van der Waals surface area contributed by atoms with Gasteiger partial charge < -0.3 is 4.42 Å². The molecule has 1 aromatic carbocycles. The Morgan fingerprint density at radius 1 is 1.47 bits per heavy atom. The highest BCUT2D eigenvalue weighted by Crippen LogP contribution is 2.29. The molecular formula is C12H11BrN2O3S. The highest BCUT2D eigenvalue weighted by atomic mass is 79.9. The van der Waals surface area contributed by atoms with Crippen LogP contribution in [-0.2, 0) is 5.75 Å². The van der Waals surface area contributed by atoms with E-state index in [-0.39, 0.29) is 5.69 Å². The Balaban J connectivity index is 2.11. The van der Waals surface area contributed by atoms with Gasteiger partial charge in [0.05, 0.1) is 15.1 Å². The molecule has 19 heavy (non-hydrogen) atoms. The summed E-state index contributed by atoms with van der Waals surface area (Å²) in [6.45, 7) is 3.74. The van der Waals surface area contributed by atoms with Crippen LogP contribution in [0.2, 0.25) is 0 Å². The average molecular weight is 343 g/mol. The van der Waals surface area contributed by atoms with E-state index < -0.39 is 4.92 Å². The minimum absolute atomic E-state index is 0.0675. The fraction of sp³-hybridized carbons (Fsp3) is 0.250. The van der Waals surface area contributed by atoms with Crippen molar-refractivity contribution in [3.63, 3.8) is 0 Å². The summed E-state index contributed by atoms with van der Waals surface area (Å²) in [5.41, 5.74) is 1.79. The number of nitro benzene ring substituents is 1. The smallest absolute Gasteiger partial charge is 0.283 e. The molecule has 0 radical (unpaired) electrons. The molecule has 0 fully saturated rings. The summed E-state index contributed by atoms with van der Waals surface area (Å²) in [6.07, 6.45) is 0. The third-order valence-corrected chi connectivity index (χ3v) is 4.15. The molecule has 1 heterocycles. The van der Waals surface area contributed by atoms with Gasteiger partial charge in [0.2, 0.25) is 0 Å². The van der Waals surface area contributed by atoms with Gasteiger partial charge in [0.15, 0.2) is 0 Å². The average Bonchev–Trinajstić information content (AvgIpc) is 2.67. The van der Waals surface area contributed by atoms with E-state index in [1.54, 1.807) is 12.1 Å². The largest absolute Gasteiger partial charge is 0.437 e. The van der Waals surface area contributed by atoms with Crippen LogP contribution >= 0.6 is 27.7 Å². The van der Waals surface area contributed by atoms with Gasteiger partial charge in [-0.3, -0.25) is 10.1 Å². The molecule has 0 saturated heterocycles. The molecule has 7 heteroatoms. The van der Waals surface area contributed by atoms with Crippen LogP contribution in [0.1, 0.15) is 17.0 Å². The molecule has 0 aliphatic carbocycles. The van der Waals surface area contributed by atoms with Gasteiger partial charge >= 0.3 is 0 Å². The van der Waals surface area contributed by atoms with E-state index in [4.69, 9.17) is 4.42 Å². The molecule has 2 rings (SSSR count). The van der Waals surface area contributed by atoms with Crippen LogP contribution in [0.4, 0.5) is 5.69 Å². The summed E-state index contributed by atoms with van der Waals surface area (Å²) in [7, 11) is 0. The first kappa shape index (κ1) is 14.1. The highest BCUT2D eigenvalue weighted by molar-refractivity contribution is 9.10. The van der Waals surface area contributed by atoms with Crippen molar-refractivity contribution in [1.82, 2.24) is 4.98 Å². The second-order valence-corrected chi connectivity index (χ2v) is 5.73. The van der Waals surface area contributed by atoms with Crippen LogP contribution in [-0.4, -0.2) is 9.91 Å². The molecule has 0 unspecified atom stereocenters. The fourth-order valence-corrected chi connectivity index (χ4v) is 2.68. The van der Waals surface area contributed by atoms with E-state index in [2.05, 4.69) is 20.9 Å². The summed E-state index contributed by atoms with van der Waals surface area (Å²) in [5, 5.41) is 11.4. The molecule has 0 spiro atoms. The number of nitro groups is 1. The molecule has 0 aliphatic rings. The van der Waals surface area contributed by atoms with Gasteiger partial charge in [0.25, 0.3) is 10.9 Å². The van der Waals surface area contributed by atoms with Gasteiger partial charge in [-0.25, -0.2) is 4.98 Å². The first-order valence-electron chi connectivity index (χ1n) is 5.47. The molecule has 0 aliphatic heterocycles. The maximum absolute atomic E-state index is 10.8. The van der Waals surface area contributed by atoms with Gasteiger partial charge in [-0.1, -0.05) is 17.8 Å². The van der Waals surface area contributed by atoms with Gasteiger partial charge in [0, 0.05) is 11.8 Å². The number of thioether (sulfide) groups is 1. The number of aryl methyl sites for hydroxylation is 2. The lowest BCUT2D eigenvalue weighted by atomic mass is 10.2. The normalized spacial score (nSPS) is 10.7. The van der Waals surface area contributed by atoms with E-state index in [9.17, 15) is 10.1 Å². The van der Waals surface area contributed by atoms with Gasteiger partial charge in [-0.05, 0) is 41.4 Å². The third-order valence-electron chi connectivity index (χ3n) is 2.58. The molecule has 5 nitrogen and oxygen atoms in total. The van der Waals surface area contributed by atoms with Crippen molar-refractivity contribution in [2.75, 3.05) is 0 Å². The van der Waals surface area contributed by atoms with E-state index in [1.165, 1.54) is 11.8 Å². The lowest BCUT2D eigenvalue weighted by Gasteiger charge is -2.00. The van der Waals surface area contributed by atoms with Crippen LogP contribution in [0.3, 0.4) is 0 Å². The Bertz CT molecular complexity index is 608. The van der Waals surface area contributed by atoms with Crippen LogP contribution in [0.15, 0.2) is 32.3 Å². The van der Waals surface area contributed by atoms with Crippen molar-refractivity contribution >= 4 is 33.4 Å². The minimum atomic E-state index is -0.405. The Morgan fingerprint density at radius 3 is 2.79 bits per heavy atom. The lowest BCUT2D eigenvalue weighted by molar-refractivity contribution is -0.385. The summed E-state index contributed by atoms with van der Waals surface area (Å²) in [4.78, 5) is 14.7. The number of hydrogen-bond acceptors (Lipinski definition) is 5. The van der Waals surface area contributed by atoms with Crippen molar-refractivity contribution < 1.29 is 9.34 Å². The first-order chi connectivity index (χ1) is 8.97. The molecule has 2 aromatic rings. The van der Waals surface area contributed by atoms with Crippen molar-refractivity contribution in [1.29, 1.82) is 0 Å². The zero-order valence-electron chi connectivity index (χ0n) is 10.3. The molecule has 0 atom stereocenters. The van der Waals surface area contributed by atoms with Crippen LogP contribution in [0.25, 0.3) is 0 Å². The van der Waals surface area contributed by atoms with Crippen LogP contribution in [0.5, 0.6) is 0 Å². The number of halogens is 1. The van der Waals surface area contributed by atoms with Crippen molar-refractivity contribution in [3.8, 4) is 0 Å². The van der Waals surface area contributed by atoms with Crippen molar-refractivity contribution in [2.24, 2.45) is 0 Å². The van der Waals surface area contributed by atoms with Crippen molar-refractivity contribution in [3.05, 3.63) is 49.8 Å². The van der Waals surface area contributed by atoms with Gasteiger partial charge in [-0.15, -0.1) is 0 Å². The minimum Gasteiger partial charge on any atom is -0.437 e. The number of benzene rings is 1. The van der Waals surface area contributed by atoms with E-state index in [1.807, 2.05) is 19.9 Å². The van der Waals surface area contributed by atoms with Gasteiger partial charge in [0.1, 0.15) is 5.76 Å². The summed E-state index contributed by atoms with van der Waals surface area (Å²) in [6, 6.07) is 5.08. The van der Waals surface area contributed by atoms with Crippen LogP contribution < -0.4 is 0 Å². The molecular weight excluding hydrogens is 332 g/mol. The summed E-state index contributed by atoms with van der Waals surface area (Å²) < 4.78 is 5.93. The van der Waals surface area contributed by atoms with Gasteiger partial charge in [-0.2, -0.15) is 0 Å². The predicted octanol–water partition coefficient (Wildman–Crippen LogP) is 4.25. The van der Waals surface area contributed by atoms with Crippen molar-refractivity contribution in [2.45, 2.75) is 24.8 Å². The second kappa shape index (κ2) is 5.75. The molecule has 1 aromatic heterocycles. The second-order valence-electron chi connectivity index (χ2n) is 3.95. The zero-order valence-corrected chi connectivity index (χ0v) is 12.7. The van der Waals surface area contributed by atoms with E-state index in [0.29, 0.717) is 15.4 Å². The highest BCUT2D eigenvalue weighted by Gasteiger charge is 2.13. The summed E-state index contributed by atoms with van der Waals surface area (Å²) in [5.74, 6) is 1.37. The quantitative estimate of drug-likeness (QED) is 0.471. The maximum atomic E-state index is 10.8. The maximum Gasteiger partial charge on any atom is 0.283 e. The number of aromatic nitrogens is 1. The summed E-state index contributed by atoms with van der Waals surface area (Å²) >= 11 is 4.58. The monoisotopic (exact) mass is 342 g/mol. The predicted molar refractivity (Wildman–Crippen MR) is 76.3 cm³/mol. The Hall–Kier alpha value is -1.34. The molecule has 0 N–H and O–H groups in total. The number of oxazole rings is 1. The molecule has 0 amide bonds. The molecule has 0 saturated carbocycles. The number of rotatable bonds is 4. The zero-order chi connectivity index (χ0) is 14.0. The number of hydrogen-bond donors (Lipinski definition) is 0. The molecule has 100 valence electrons. The Morgan fingerprint density at radius 2 is 2.21 bits per heavy atom. The lowest BCUT2D eigenvalue weighted by Crippen LogP contribution is -1.91. The topological polar surface area (TPSA) is 69.2 Å². The Labute approximate surface area is 122 Å². The Kier molecular flexibility index (Phi) is 4.26. The SMILES string of the molecule is Cc1nc(SCc2ccc(Br)c([N+](=O)[O-])c2)oc1C. The fourth-order valence-electron chi connectivity index (χ4n) is 1.44. The third kappa shape index (κ3) is 3.36. The van der Waals surface area contributed by atoms with E-state index in [0.717, 1.165) is 17.0 Å². The first-order valence-corrected chi connectivity index (χ1v) is 7.25. The van der Waals surface area contributed by atoms with E-state index >= 15 is 0 Å². The van der Waals surface area contributed by atoms with Crippen LogP contribution in [0, 0.1) is 24.0 Å².